The van der Waals surface area contributed by atoms with Crippen molar-refractivity contribution in [2.45, 2.75) is 19.9 Å². The van der Waals surface area contributed by atoms with Crippen LogP contribution in [0.4, 0.5) is 9.59 Å². The van der Waals surface area contributed by atoms with E-state index in [-0.39, 0.29) is 6.04 Å². The number of rotatable bonds is 4. The van der Waals surface area contributed by atoms with Crippen molar-refractivity contribution in [3.05, 3.63) is 23.9 Å². The average Bonchev–Trinajstić information content (AvgIpc) is 2.42. The molecule has 0 bridgehead atoms. The molecular weight excluding hydrogens is 262 g/mol. The summed E-state index contributed by atoms with van der Waals surface area (Å²) in [6.45, 7) is 3.44. The van der Waals surface area contributed by atoms with Gasteiger partial charge >= 0.3 is 12.1 Å². The second-order valence-electron chi connectivity index (χ2n) is 3.99. The summed E-state index contributed by atoms with van der Waals surface area (Å²) in [4.78, 5) is 21.2. The maximum absolute atomic E-state index is 10.6. The average molecular weight is 279 g/mol. The Morgan fingerprint density at radius 3 is 2.40 bits per heavy atom. The molecule has 4 amide bonds. The van der Waals surface area contributed by atoms with Crippen LogP contribution in [0.5, 0.6) is 0 Å². The van der Waals surface area contributed by atoms with E-state index in [1.54, 1.807) is 19.9 Å². The fourth-order valence-corrected chi connectivity index (χ4v) is 1.41. The Morgan fingerprint density at radius 2 is 1.80 bits per heavy atom. The van der Waals surface area contributed by atoms with Crippen molar-refractivity contribution < 1.29 is 9.59 Å². The molecule has 7 N–H and O–H groups in total. The molecule has 20 heavy (non-hydrogen) atoms. The van der Waals surface area contributed by atoms with Crippen molar-refractivity contribution in [2.24, 2.45) is 21.7 Å². The molecular formula is C11H17N7O2. The first-order valence-corrected chi connectivity index (χ1v) is 5.75. The number of nitrogens with one attached hydrogen (secondary N) is 3. The molecule has 1 aliphatic rings. The number of urea groups is 2. The number of amides is 4. The lowest BCUT2D eigenvalue weighted by Crippen LogP contribution is -2.39. The van der Waals surface area contributed by atoms with E-state index in [1.807, 2.05) is 12.2 Å². The minimum atomic E-state index is -0.740. The third-order valence-corrected chi connectivity index (χ3v) is 2.39. The van der Waals surface area contributed by atoms with Crippen molar-refractivity contribution in [1.82, 2.24) is 16.2 Å². The van der Waals surface area contributed by atoms with Gasteiger partial charge < -0.3 is 16.8 Å². The minimum Gasteiger partial charge on any atom is -0.372 e. The smallest absolute Gasteiger partial charge is 0.332 e. The normalized spacial score (nSPS) is 18.9. The zero-order valence-electron chi connectivity index (χ0n) is 11.2. The van der Waals surface area contributed by atoms with Gasteiger partial charge in [-0.2, -0.15) is 10.2 Å². The highest BCUT2D eigenvalue weighted by Gasteiger charge is 2.15. The van der Waals surface area contributed by atoms with E-state index >= 15 is 0 Å². The predicted molar refractivity (Wildman–Crippen MR) is 75.8 cm³/mol. The van der Waals surface area contributed by atoms with Gasteiger partial charge in [-0.3, -0.25) is 0 Å². The molecule has 0 saturated heterocycles. The lowest BCUT2D eigenvalue weighted by molar-refractivity contribution is 0.248. The second-order valence-corrected chi connectivity index (χ2v) is 3.99. The van der Waals surface area contributed by atoms with Crippen LogP contribution in [0.2, 0.25) is 0 Å². The molecule has 0 aromatic heterocycles. The number of carbonyl (C=O) groups excluding carboxylic acids is 2. The van der Waals surface area contributed by atoms with Crippen LogP contribution in [0.15, 0.2) is 34.1 Å². The summed E-state index contributed by atoms with van der Waals surface area (Å²) in [5.74, 6) is 0. The highest BCUT2D eigenvalue weighted by molar-refractivity contribution is 6.00. The third-order valence-electron chi connectivity index (χ3n) is 2.39. The zero-order chi connectivity index (χ0) is 15.1. The van der Waals surface area contributed by atoms with Crippen molar-refractivity contribution in [1.29, 1.82) is 0 Å². The quantitative estimate of drug-likeness (QED) is 0.348. The van der Waals surface area contributed by atoms with Crippen molar-refractivity contribution in [2.75, 3.05) is 0 Å². The number of carbonyl (C=O) groups is 2. The van der Waals surface area contributed by atoms with Gasteiger partial charge in [0.1, 0.15) is 0 Å². The predicted octanol–water partition coefficient (Wildman–Crippen LogP) is -0.513. The van der Waals surface area contributed by atoms with Crippen molar-refractivity contribution >= 4 is 23.5 Å². The Bertz CT molecular complexity index is 519. The molecule has 1 atom stereocenters. The second kappa shape index (κ2) is 6.92. The van der Waals surface area contributed by atoms with E-state index in [4.69, 9.17) is 11.5 Å². The molecule has 1 unspecified atom stereocenters. The van der Waals surface area contributed by atoms with Crippen molar-refractivity contribution in [3.8, 4) is 0 Å². The van der Waals surface area contributed by atoms with Gasteiger partial charge in [-0.1, -0.05) is 12.2 Å². The summed E-state index contributed by atoms with van der Waals surface area (Å²) in [6.07, 6.45) is 5.44. The summed E-state index contributed by atoms with van der Waals surface area (Å²) in [5.41, 5.74) is 16.0. The van der Waals surface area contributed by atoms with Gasteiger partial charge in [-0.15, -0.1) is 0 Å². The Hall–Kier alpha value is -2.84. The first-order valence-electron chi connectivity index (χ1n) is 5.75. The highest BCUT2D eigenvalue weighted by Crippen LogP contribution is 2.06. The molecule has 0 radical (unpaired) electrons. The number of hydrogen-bond acceptors (Lipinski definition) is 5. The Kier molecular flexibility index (Phi) is 5.27. The van der Waals surface area contributed by atoms with Crippen LogP contribution in [0.1, 0.15) is 13.8 Å². The van der Waals surface area contributed by atoms with E-state index in [9.17, 15) is 9.59 Å². The maximum Gasteiger partial charge on any atom is 0.332 e. The van der Waals surface area contributed by atoms with Crippen LogP contribution < -0.4 is 27.6 Å². The van der Waals surface area contributed by atoms with Crippen LogP contribution in [0.3, 0.4) is 0 Å². The van der Waals surface area contributed by atoms with Gasteiger partial charge in [0, 0.05) is 0 Å². The summed E-state index contributed by atoms with van der Waals surface area (Å²) < 4.78 is 0. The number of nitrogens with two attached hydrogens (primary N) is 2. The monoisotopic (exact) mass is 279 g/mol. The minimum absolute atomic E-state index is 0.222. The van der Waals surface area contributed by atoms with Gasteiger partial charge in [-0.25, -0.2) is 20.4 Å². The Labute approximate surface area is 115 Å². The standard InChI is InChI=1S/C11H17N7O2/c1-6(15-17-10(12)19)8-4-3-5-9(14-8)7(2)16-18-11(13)20/h3-5,8,14H,1-2H3,(H3,12,17,19)(H3,13,18,20). The molecule has 9 nitrogen and oxygen atoms in total. The van der Waals surface area contributed by atoms with Crippen LogP contribution >= 0.6 is 0 Å². The van der Waals surface area contributed by atoms with Gasteiger partial charge in [0.2, 0.25) is 0 Å². The van der Waals surface area contributed by atoms with E-state index in [2.05, 4.69) is 26.4 Å². The molecule has 1 aliphatic heterocycles. The molecule has 108 valence electrons. The third kappa shape index (κ3) is 4.80. The molecule has 1 rings (SSSR count). The summed E-state index contributed by atoms with van der Waals surface area (Å²) in [7, 11) is 0. The largest absolute Gasteiger partial charge is 0.372 e. The van der Waals surface area contributed by atoms with Crippen LogP contribution in [-0.2, 0) is 0 Å². The lowest BCUT2D eigenvalue weighted by Gasteiger charge is -2.21. The van der Waals surface area contributed by atoms with E-state index in [1.165, 1.54) is 0 Å². The molecule has 1 heterocycles. The van der Waals surface area contributed by atoms with Gasteiger partial charge in [0.25, 0.3) is 0 Å². The Balaban J connectivity index is 2.72. The molecule has 0 spiro atoms. The van der Waals surface area contributed by atoms with Crippen LogP contribution in [0.25, 0.3) is 0 Å². The number of hydrazone groups is 2. The molecule has 0 fully saturated rings. The van der Waals surface area contributed by atoms with Crippen LogP contribution in [0, 0.1) is 0 Å². The fraction of sp³-hybridized carbons (Fsp3) is 0.273. The number of hydrogen-bond donors (Lipinski definition) is 5. The number of dihydropyridines is 1. The molecule has 9 heteroatoms. The molecule has 0 aliphatic carbocycles. The van der Waals surface area contributed by atoms with Crippen LogP contribution in [-0.4, -0.2) is 29.5 Å². The van der Waals surface area contributed by atoms with E-state index in [0.717, 1.165) is 0 Å². The summed E-state index contributed by atoms with van der Waals surface area (Å²) in [6, 6.07) is -1.69. The van der Waals surface area contributed by atoms with Gasteiger partial charge in [0.05, 0.1) is 23.2 Å². The highest BCUT2D eigenvalue weighted by atomic mass is 16.2. The molecule has 0 aromatic carbocycles. The van der Waals surface area contributed by atoms with E-state index < -0.39 is 12.1 Å². The zero-order valence-corrected chi connectivity index (χ0v) is 11.2. The van der Waals surface area contributed by atoms with E-state index in [0.29, 0.717) is 17.1 Å². The molecule has 0 saturated carbocycles. The van der Waals surface area contributed by atoms with Crippen molar-refractivity contribution in [3.63, 3.8) is 0 Å². The Morgan fingerprint density at radius 1 is 1.20 bits per heavy atom. The summed E-state index contributed by atoms with van der Waals surface area (Å²) in [5, 5.41) is 10.8. The summed E-state index contributed by atoms with van der Waals surface area (Å²) >= 11 is 0. The number of nitrogens with zero attached hydrogens (tertiary/aromatic N) is 2. The number of allylic oxidation sites excluding steroid dienone is 3. The van der Waals surface area contributed by atoms with Gasteiger partial charge in [-0.05, 0) is 19.9 Å². The topological polar surface area (TPSA) is 147 Å². The fourth-order valence-electron chi connectivity index (χ4n) is 1.41. The number of primary amides is 2. The first-order chi connectivity index (χ1) is 9.40. The first kappa shape index (κ1) is 15.2. The maximum atomic E-state index is 10.6. The van der Waals surface area contributed by atoms with Gasteiger partial charge in [0.15, 0.2) is 0 Å². The molecule has 0 aromatic rings. The lowest BCUT2D eigenvalue weighted by atomic mass is 10.1. The SMILES string of the molecule is CC(=NNC(N)=O)C1=CC=CC(C(C)=NNC(N)=O)N1.